The zero-order chi connectivity index (χ0) is 23.9. The van der Waals surface area contributed by atoms with E-state index in [9.17, 15) is 9.59 Å². The minimum atomic E-state index is -1.06. The lowest BCUT2D eigenvalue weighted by Crippen LogP contribution is -2.54. The van der Waals surface area contributed by atoms with Crippen LogP contribution in [0.3, 0.4) is 0 Å². The third kappa shape index (κ3) is 3.24. The second kappa shape index (κ2) is 8.52. The largest absolute Gasteiger partial charge is 0.497 e. The van der Waals surface area contributed by atoms with Crippen molar-refractivity contribution in [2.75, 3.05) is 20.8 Å². The highest BCUT2D eigenvalue weighted by atomic mass is 16.5. The number of amides is 1. The molecule has 5 rings (SSSR count). The van der Waals surface area contributed by atoms with Crippen molar-refractivity contribution in [3.63, 3.8) is 0 Å². The van der Waals surface area contributed by atoms with Crippen LogP contribution in [0.2, 0.25) is 0 Å². The smallest absolute Gasteiger partial charge is 0.319 e. The van der Waals surface area contributed by atoms with Gasteiger partial charge in [0.2, 0.25) is 0 Å². The molecule has 0 fully saturated rings. The Hall–Kier alpha value is -3.80. The molecule has 0 unspecified atom stereocenters. The van der Waals surface area contributed by atoms with E-state index in [0.717, 1.165) is 16.7 Å². The molecule has 1 amide bonds. The lowest BCUT2D eigenvalue weighted by atomic mass is 9.69. The van der Waals surface area contributed by atoms with Crippen LogP contribution in [0.1, 0.15) is 45.6 Å². The highest BCUT2D eigenvalue weighted by Crippen LogP contribution is 2.56. The van der Waals surface area contributed by atoms with Crippen molar-refractivity contribution in [1.29, 1.82) is 0 Å². The molecule has 174 valence electrons. The molecule has 0 saturated heterocycles. The molecule has 0 bridgehead atoms. The van der Waals surface area contributed by atoms with E-state index in [-0.39, 0.29) is 18.5 Å². The highest BCUT2D eigenvalue weighted by molar-refractivity contribution is 6.03. The molecule has 2 atom stereocenters. The zero-order valence-corrected chi connectivity index (χ0v) is 19.5. The van der Waals surface area contributed by atoms with Gasteiger partial charge in [-0.15, -0.1) is 0 Å². The predicted molar refractivity (Wildman–Crippen MR) is 127 cm³/mol. The minimum Gasteiger partial charge on any atom is -0.497 e. The number of carbonyl (C=O) groups excluding carboxylic acids is 2. The Bertz CT molecular complexity index is 1250. The predicted octanol–water partition coefficient (Wildman–Crippen LogP) is 4.46. The Balaban J connectivity index is 1.77. The van der Waals surface area contributed by atoms with E-state index in [2.05, 4.69) is 0 Å². The van der Waals surface area contributed by atoms with Crippen LogP contribution in [0.5, 0.6) is 11.5 Å². The number of esters is 1. The maximum atomic E-state index is 14.0. The van der Waals surface area contributed by atoms with Gasteiger partial charge in [-0.2, -0.15) is 0 Å². The number of hydrogen-bond acceptors (Lipinski definition) is 5. The summed E-state index contributed by atoms with van der Waals surface area (Å²) >= 11 is 0. The first-order valence-corrected chi connectivity index (χ1v) is 11.4. The summed E-state index contributed by atoms with van der Waals surface area (Å²) in [5, 5.41) is 0. The standard InChI is InChI=1S/C28H27NO5/c1-4-34-27(31)28-16-19-14-20(32-2)10-12-22(19)25(28)29(17-18-8-6-5-7-9-18)26(30)23-15-21(33-3)11-13-24(23)28/h5-15,25H,4,16-17H2,1-3H3/t25-,28+/m1/s1. The molecule has 6 heteroatoms. The first-order valence-electron chi connectivity index (χ1n) is 11.4. The van der Waals surface area contributed by atoms with Gasteiger partial charge in [-0.25, -0.2) is 0 Å². The van der Waals surface area contributed by atoms with E-state index < -0.39 is 11.5 Å². The maximum Gasteiger partial charge on any atom is 0.319 e. The molecule has 1 aliphatic heterocycles. The third-order valence-corrected chi connectivity index (χ3v) is 6.93. The number of fused-ring (bicyclic) bond motifs is 5. The molecule has 0 radical (unpaired) electrons. The minimum absolute atomic E-state index is 0.133. The summed E-state index contributed by atoms with van der Waals surface area (Å²) in [5.41, 5.74) is 3.00. The van der Waals surface area contributed by atoms with Crippen LogP contribution >= 0.6 is 0 Å². The van der Waals surface area contributed by atoms with E-state index in [4.69, 9.17) is 14.2 Å². The van der Waals surface area contributed by atoms with Gasteiger partial charge >= 0.3 is 5.97 Å². The van der Waals surface area contributed by atoms with Gasteiger partial charge in [0.25, 0.3) is 5.91 Å². The quantitative estimate of drug-likeness (QED) is 0.512. The summed E-state index contributed by atoms with van der Waals surface area (Å²) < 4.78 is 16.6. The fourth-order valence-corrected chi connectivity index (χ4v) is 5.45. The number of methoxy groups -OCH3 is 2. The van der Waals surface area contributed by atoms with Crippen molar-refractivity contribution in [1.82, 2.24) is 4.90 Å². The van der Waals surface area contributed by atoms with Gasteiger partial charge in [0.1, 0.15) is 16.9 Å². The molecule has 0 spiro atoms. The van der Waals surface area contributed by atoms with Gasteiger partial charge in [-0.05, 0) is 59.9 Å². The molecule has 0 aromatic heterocycles. The van der Waals surface area contributed by atoms with Crippen LogP contribution in [-0.2, 0) is 27.9 Å². The second-order valence-corrected chi connectivity index (χ2v) is 8.67. The lowest BCUT2D eigenvalue weighted by molar-refractivity contribution is -0.153. The van der Waals surface area contributed by atoms with Crippen molar-refractivity contribution in [2.24, 2.45) is 0 Å². The number of rotatable bonds is 6. The Morgan fingerprint density at radius 1 is 1.00 bits per heavy atom. The molecule has 2 aliphatic rings. The van der Waals surface area contributed by atoms with Crippen LogP contribution in [0.25, 0.3) is 0 Å². The van der Waals surface area contributed by atoms with Crippen molar-refractivity contribution in [3.8, 4) is 11.5 Å². The number of carbonyl (C=O) groups is 2. The Morgan fingerprint density at radius 2 is 1.71 bits per heavy atom. The van der Waals surface area contributed by atoms with Crippen LogP contribution in [0.4, 0.5) is 0 Å². The monoisotopic (exact) mass is 457 g/mol. The van der Waals surface area contributed by atoms with Crippen molar-refractivity contribution in [3.05, 3.63) is 94.5 Å². The number of nitrogens with zero attached hydrogens (tertiary/aromatic N) is 1. The summed E-state index contributed by atoms with van der Waals surface area (Å²) in [4.78, 5) is 29.6. The van der Waals surface area contributed by atoms with Crippen molar-refractivity contribution < 1.29 is 23.8 Å². The van der Waals surface area contributed by atoms with E-state index in [0.29, 0.717) is 35.6 Å². The van der Waals surface area contributed by atoms with Crippen molar-refractivity contribution in [2.45, 2.75) is 31.3 Å². The highest BCUT2D eigenvalue weighted by Gasteiger charge is 2.61. The van der Waals surface area contributed by atoms with Gasteiger partial charge in [0.05, 0.1) is 26.9 Å². The molecular weight excluding hydrogens is 430 g/mol. The average Bonchev–Trinajstić information content (AvgIpc) is 3.22. The fraction of sp³-hybridized carbons (Fsp3) is 0.286. The SMILES string of the molecule is CCOC(=O)[C@]12Cc3cc(OC)ccc3[C@H]1N(Cc1ccccc1)C(=O)c1cc(OC)ccc12. The molecule has 34 heavy (non-hydrogen) atoms. The van der Waals surface area contributed by atoms with Gasteiger partial charge in [-0.3, -0.25) is 9.59 Å². The van der Waals surface area contributed by atoms with E-state index in [1.54, 1.807) is 33.3 Å². The van der Waals surface area contributed by atoms with E-state index in [1.165, 1.54) is 0 Å². The average molecular weight is 458 g/mol. The molecule has 1 aliphatic carbocycles. The molecule has 0 saturated carbocycles. The lowest BCUT2D eigenvalue weighted by Gasteiger charge is -2.45. The molecule has 6 nitrogen and oxygen atoms in total. The van der Waals surface area contributed by atoms with Crippen molar-refractivity contribution >= 4 is 11.9 Å². The topological polar surface area (TPSA) is 65.1 Å². The Labute approximate surface area is 199 Å². The van der Waals surface area contributed by atoms with Gasteiger partial charge in [0, 0.05) is 12.1 Å². The summed E-state index contributed by atoms with van der Waals surface area (Å²) in [5.74, 6) is 0.826. The normalized spacial score (nSPS) is 20.3. The molecule has 3 aromatic rings. The third-order valence-electron chi connectivity index (χ3n) is 6.93. The molecular formula is C28H27NO5. The van der Waals surface area contributed by atoms with Gasteiger partial charge in [-0.1, -0.05) is 42.5 Å². The summed E-state index contributed by atoms with van der Waals surface area (Å²) in [6.45, 7) is 2.43. The van der Waals surface area contributed by atoms with Gasteiger partial charge < -0.3 is 19.1 Å². The van der Waals surface area contributed by atoms with Crippen LogP contribution in [-0.4, -0.2) is 37.6 Å². The van der Waals surface area contributed by atoms with Crippen LogP contribution in [0, 0.1) is 0 Å². The Morgan fingerprint density at radius 3 is 2.41 bits per heavy atom. The Kier molecular flexibility index (Phi) is 5.52. The first kappa shape index (κ1) is 22.0. The summed E-state index contributed by atoms with van der Waals surface area (Å²) in [6, 6.07) is 20.5. The van der Waals surface area contributed by atoms with Crippen LogP contribution < -0.4 is 9.47 Å². The van der Waals surface area contributed by atoms with Crippen LogP contribution in [0.15, 0.2) is 66.7 Å². The number of ether oxygens (including phenoxy) is 3. The summed E-state index contributed by atoms with van der Waals surface area (Å²) in [6.07, 6.45) is 0.418. The first-order chi connectivity index (χ1) is 16.5. The fourth-order valence-electron chi connectivity index (χ4n) is 5.45. The molecule has 0 N–H and O–H groups in total. The number of hydrogen-bond donors (Lipinski definition) is 0. The zero-order valence-electron chi connectivity index (χ0n) is 19.5. The molecule has 1 heterocycles. The maximum absolute atomic E-state index is 14.0. The second-order valence-electron chi connectivity index (χ2n) is 8.67. The number of benzene rings is 3. The summed E-state index contributed by atoms with van der Waals surface area (Å²) in [7, 11) is 3.19. The molecule has 3 aromatic carbocycles. The van der Waals surface area contributed by atoms with E-state index >= 15 is 0 Å². The van der Waals surface area contributed by atoms with Gasteiger partial charge in [0.15, 0.2) is 0 Å². The van der Waals surface area contributed by atoms with E-state index in [1.807, 2.05) is 59.5 Å².